The first kappa shape index (κ1) is 21.5. The van der Waals surface area contributed by atoms with Crippen molar-refractivity contribution < 1.29 is 19.2 Å². The second-order valence-electron chi connectivity index (χ2n) is 6.39. The number of benzene rings is 2. The number of aromatic nitrogens is 2. The fourth-order valence-corrected chi connectivity index (χ4v) is 2.83. The van der Waals surface area contributed by atoms with Gasteiger partial charge in [0.05, 0.1) is 42.4 Å². The Labute approximate surface area is 177 Å². The summed E-state index contributed by atoms with van der Waals surface area (Å²) in [7, 11) is 1.34. The predicted molar refractivity (Wildman–Crippen MR) is 113 cm³/mol. The van der Waals surface area contributed by atoms with E-state index in [4.69, 9.17) is 9.47 Å². The molecule has 0 spiro atoms. The van der Waals surface area contributed by atoms with Crippen molar-refractivity contribution in [1.82, 2.24) is 9.55 Å². The van der Waals surface area contributed by atoms with E-state index in [-0.39, 0.29) is 23.7 Å². The van der Waals surface area contributed by atoms with Crippen LogP contribution < -0.4 is 20.3 Å². The molecule has 0 radical (unpaired) electrons. The first-order valence-corrected chi connectivity index (χ1v) is 9.33. The highest BCUT2D eigenvalue weighted by atomic mass is 16.6. The van der Waals surface area contributed by atoms with Gasteiger partial charge in [-0.2, -0.15) is 0 Å². The molecule has 3 aromatic rings. The number of nitro groups is 1. The molecule has 10 nitrogen and oxygen atoms in total. The molecule has 0 saturated carbocycles. The average Bonchev–Trinajstić information content (AvgIpc) is 2.76. The number of anilines is 1. The lowest BCUT2D eigenvalue weighted by molar-refractivity contribution is -0.384. The number of non-ortho nitro benzene ring substituents is 1. The smallest absolute Gasteiger partial charge is 0.273 e. The standard InChI is InChI=1S/C21H20N4O6/c1-3-31-16-7-4-14(5-8-16)18-11-21(27)24(13-22-18)12-20(26)23-17-9-6-15(25(28)29)10-19(17)30-2/h4-11,13H,3,12H2,1-2H3,(H,23,26). The van der Waals surface area contributed by atoms with Crippen LogP contribution in [0.2, 0.25) is 0 Å². The molecule has 0 aliphatic rings. The highest BCUT2D eigenvalue weighted by molar-refractivity contribution is 5.92. The number of carbonyl (C=O) groups excluding carboxylic acids is 1. The fraction of sp³-hybridized carbons (Fsp3) is 0.190. The van der Waals surface area contributed by atoms with Gasteiger partial charge in [-0.05, 0) is 37.3 Å². The van der Waals surface area contributed by atoms with Crippen LogP contribution in [0.1, 0.15) is 6.92 Å². The van der Waals surface area contributed by atoms with Crippen molar-refractivity contribution in [3.63, 3.8) is 0 Å². The molecule has 0 saturated heterocycles. The number of rotatable bonds is 8. The van der Waals surface area contributed by atoms with Crippen LogP contribution in [-0.2, 0) is 11.3 Å². The van der Waals surface area contributed by atoms with Crippen LogP contribution in [0.15, 0.2) is 59.7 Å². The topological polar surface area (TPSA) is 126 Å². The lowest BCUT2D eigenvalue weighted by Gasteiger charge is -2.11. The SMILES string of the molecule is CCOc1ccc(-c2cc(=O)n(CC(=O)Nc3ccc([N+](=O)[O-])cc3OC)cn2)cc1. The number of carbonyl (C=O) groups is 1. The van der Waals surface area contributed by atoms with Crippen LogP contribution >= 0.6 is 0 Å². The maximum absolute atomic E-state index is 12.4. The zero-order valence-corrected chi connectivity index (χ0v) is 16.9. The van der Waals surface area contributed by atoms with E-state index in [2.05, 4.69) is 10.3 Å². The first-order valence-electron chi connectivity index (χ1n) is 9.33. The summed E-state index contributed by atoms with van der Waals surface area (Å²) < 4.78 is 11.6. The largest absolute Gasteiger partial charge is 0.494 e. The van der Waals surface area contributed by atoms with Crippen molar-refractivity contribution >= 4 is 17.3 Å². The summed E-state index contributed by atoms with van der Waals surface area (Å²) in [5.41, 5.74) is 0.907. The third kappa shape index (κ3) is 5.24. The Morgan fingerprint density at radius 3 is 2.55 bits per heavy atom. The Balaban J connectivity index is 1.72. The number of nitrogens with one attached hydrogen (secondary N) is 1. The van der Waals surface area contributed by atoms with Gasteiger partial charge in [0, 0.05) is 17.7 Å². The number of nitro benzene ring substituents is 1. The minimum atomic E-state index is -0.564. The van der Waals surface area contributed by atoms with Crippen molar-refractivity contribution in [2.45, 2.75) is 13.5 Å². The van der Waals surface area contributed by atoms with Gasteiger partial charge in [-0.15, -0.1) is 0 Å². The number of amides is 1. The Morgan fingerprint density at radius 1 is 1.19 bits per heavy atom. The third-order valence-electron chi connectivity index (χ3n) is 4.32. The summed E-state index contributed by atoms with van der Waals surface area (Å²) in [5.74, 6) is 0.349. The van der Waals surface area contributed by atoms with Crippen molar-refractivity contribution in [3.8, 4) is 22.8 Å². The Morgan fingerprint density at radius 2 is 1.94 bits per heavy atom. The van der Waals surface area contributed by atoms with E-state index in [1.807, 2.05) is 6.92 Å². The molecular formula is C21H20N4O6. The molecule has 0 fully saturated rings. The number of nitrogens with zero attached hydrogens (tertiary/aromatic N) is 3. The second kappa shape index (κ2) is 9.53. The summed E-state index contributed by atoms with van der Waals surface area (Å²) >= 11 is 0. The molecule has 3 rings (SSSR count). The molecule has 160 valence electrons. The predicted octanol–water partition coefficient (Wildman–Crippen LogP) is 2.86. The Kier molecular flexibility index (Phi) is 6.61. The number of hydrogen-bond donors (Lipinski definition) is 1. The van der Waals surface area contributed by atoms with Crippen molar-refractivity contribution in [2.24, 2.45) is 0 Å². The van der Waals surface area contributed by atoms with Crippen LogP contribution in [0.5, 0.6) is 11.5 Å². The molecule has 0 unspecified atom stereocenters. The maximum atomic E-state index is 12.4. The summed E-state index contributed by atoms with van der Waals surface area (Å²) in [5, 5.41) is 13.4. The van der Waals surface area contributed by atoms with E-state index in [1.54, 1.807) is 24.3 Å². The van der Waals surface area contributed by atoms with Crippen molar-refractivity contribution in [3.05, 3.63) is 75.3 Å². The van der Waals surface area contributed by atoms with E-state index in [0.29, 0.717) is 12.3 Å². The zero-order chi connectivity index (χ0) is 22.4. The molecule has 1 amide bonds. The lowest BCUT2D eigenvalue weighted by atomic mass is 10.1. The van der Waals surface area contributed by atoms with Gasteiger partial charge in [0.25, 0.3) is 11.2 Å². The van der Waals surface area contributed by atoms with E-state index >= 15 is 0 Å². The first-order chi connectivity index (χ1) is 14.9. The van der Waals surface area contributed by atoms with E-state index in [1.165, 1.54) is 37.7 Å². The highest BCUT2D eigenvalue weighted by Gasteiger charge is 2.14. The van der Waals surface area contributed by atoms with Gasteiger partial charge in [-0.3, -0.25) is 24.3 Å². The average molecular weight is 424 g/mol. The molecule has 0 aliphatic carbocycles. The monoisotopic (exact) mass is 424 g/mol. The second-order valence-corrected chi connectivity index (χ2v) is 6.39. The van der Waals surface area contributed by atoms with Gasteiger partial charge in [-0.1, -0.05) is 0 Å². The number of ether oxygens (including phenoxy) is 2. The Hall–Kier alpha value is -4.21. The third-order valence-corrected chi connectivity index (χ3v) is 4.32. The summed E-state index contributed by atoms with van der Waals surface area (Å²) in [6, 6.07) is 12.3. The van der Waals surface area contributed by atoms with Crippen LogP contribution in [0.4, 0.5) is 11.4 Å². The number of methoxy groups -OCH3 is 1. The normalized spacial score (nSPS) is 10.4. The fourth-order valence-electron chi connectivity index (χ4n) is 2.83. The molecule has 2 aromatic carbocycles. The molecule has 1 N–H and O–H groups in total. The van der Waals surface area contributed by atoms with Crippen LogP contribution in [0.25, 0.3) is 11.3 Å². The molecular weight excluding hydrogens is 404 g/mol. The van der Waals surface area contributed by atoms with Gasteiger partial charge in [0.2, 0.25) is 5.91 Å². The zero-order valence-electron chi connectivity index (χ0n) is 16.9. The van der Waals surface area contributed by atoms with Gasteiger partial charge in [-0.25, -0.2) is 4.98 Å². The van der Waals surface area contributed by atoms with Crippen LogP contribution in [-0.4, -0.2) is 34.1 Å². The minimum Gasteiger partial charge on any atom is -0.494 e. The number of hydrogen-bond acceptors (Lipinski definition) is 7. The van der Waals surface area contributed by atoms with Crippen LogP contribution in [0.3, 0.4) is 0 Å². The van der Waals surface area contributed by atoms with E-state index < -0.39 is 16.4 Å². The van der Waals surface area contributed by atoms with E-state index in [0.717, 1.165) is 15.9 Å². The van der Waals surface area contributed by atoms with Gasteiger partial charge in [0.15, 0.2) is 0 Å². The molecule has 10 heteroatoms. The van der Waals surface area contributed by atoms with Crippen molar-refractivity contribution in [1.29, 1.82) is 0 Å². The molecule has 1 aromatic heterocycles. The minimum absolute atomic E-state index is 0.138. The van der Waals surface area contributed by atoms with Crippen molar-refractivity contribution in [2.75, 3.05) is 19.0 Å². The van der Waals surface area contributed by atoms with Gasteiger partial charge < -0.3 is 14.8 Å². The van der Waals surface area contributed by atoms with Gasteiger partial charge >= 0.3 is 0 Å². The maximum Gasteiger partial charge on any atom is 0.273 e. The molecule has 1 heterocycles. The van der Waals surface area contributed by atoms with E-state index in [9.17, 15) is 19.7 Å². The molecule has 0 atom stereocenters. The molecule has 0 bridgehead atoms. The molecule has 0 aliphatic heterocycles. The Bertz CT molecular complexity index is 1160. The summed E-state index contributed by atoms with van der Waals surface area (Å²) in [6.07, 6.45) is 1.29. The molecule has 31 heavy (non-hydrogen) atoms. The van der Waals surface area contributed by atoms with Crippen LogP contribution in [0, 0.1) is 10.1 Å². The quantitative estimate of drug-likeness (QED) is 0.435. The van der Waals surface area contributed by atoms with Gasteiger partial charge in [0.1, 0.15) is 18.0 Å². The summed E-state index contributed by atoms with van der Waals surface area (Å²) in [6.45, 7) is 2.17. The lowest BCUT2D eigenvalue weighted by Crippen LogP contribution is -2.27. The highest BCUT2D eigenvalue weighted by Crippen LogP contribution is 2.29. The summed E-state index contributed by atoms with van der Waals surface area (Å²) in [4.78, 5) is 39.4.